The number of hydrogen-bond donors (Lipinski definition) is 2. The number of amides is 1. The predicted octanol–water partition coefficient (Wildman–Crippen LogP) is 2.44. The minimum Gasteiger partial charge on any atom is -0.357 e. The molecule has 100 valence electrons. The average Bonchev–Trinajstić information content (AvgIpc) is 2.89. The number of pyridine rings is 1. The summed E-state index contributed by atoms with van der Waals surface area (Å²) in [4.78, 5) is 17.8. The normalized spacial score (nSPS) is 13.0. The molecule has 2 aromatic heterocycles. The van der Waals surface area contributed by atoms with Crippen molar-refractivity contribution in [2.24, 2.45) is 0 Å². The summed E-state index contributed by atoms with van der Waals surface area (Å²) in [6, 6.07) is 4.93. The summed E-state index contributed by atoms with van der Waals surface area (Å²) in [5, 5.41) is 1.92. The highest BCUT2D eigenvalue weighted by atomic mass is 19.4. The van der Waals surface area contributed by atoms with Gasteiger partial charge in [-0.05, 0) is 24.3 Å². The van der Waals surface area contributed by atoms with Gasteiger partial charge in [0.25, 0.3) is 5.91 Å². The number of nitrogens with zero attached hydrogens (tertiary/aromatic N) is 1. The number of H-pyrrole nitrogens is 1. The van der Waals surface area contributed by atoms with Gasteiger partial charge in [0.2, 0.25) is 0 Å². The molecule has 2 rings (SSSR count). The molecule has 1 amide bonds. The zero-order valence-corrected chi connectivity index (χ0v) is 9.61. The van der Waals surface area contributed by atoms with Gasteiger partial charge in [0.15, 0.2) is 6.04 Å². The van der Waals surface area contributed by atoms with Crippen LogP contribution in [0.5, 0.6) is 0 Å². The molecule has 0 bridgehead atoms. The largest absolute Gasteiger partial charge is 0.414 e. The molecule has 0 aliphatic heterocycles. The van der Waals surface area contributed by atoms with E-state index in [4.69, 9.17) is 0 Å². The van der Waals surface area contributed by atoms with E-state index < -0.39 is 18.1 Å². The molecule has 0 radical (unpaired) electrons. The highest BCUT2D eigenvalue weighted by Gasteiger charge is 2.43. The number of hydrogen-bond acceptors (Lipinski definition) is 2. The molecule has 2 N–H and O–H groups in total. The number of alkyl halides is 3. The van der Waals surface area contributed by atoms with Crippen LogP contribution < -0.4 is 5.32 Å². The molecule has 1 atom stereocenters. The van der Waals surface area contributed by atoms with Crippen LogP contribution in [-0.2, 0) is 0 Å². The Morgan fingerprint density at radius 1 is 1.26 bits per heavy atom. The minimum atomic E-state index is -4.61. The second-order valence-corrected chi connectivity index (χ2v) is 3.79. The molecule has 0 spiro atoms. The first-order valence-electron chi connectivity index (χ1n) is 5.40. The monoisotopic (exact) mass is 269 g/mol. The third-order valence-electron chi connectivity index (χ3n) is 2.43. The van der Waals surface area contributed by atoms with E-state index in [0.717, 1.165) is 0 Å². The smallest absolute Gasteiger partial charge is 0.357 e. The van der Waals surface area contributed by atoms with Crippen molar-refractivity contribution in [1.82, 2.24) is 15.3 Å². The molecule has 19 heavy (non-hydrogen) atoms. The lowest BCUT2D eigenvalue weighted by Gasteiger charge is -2.20. The highest BCUT2D eigenvalue weighted by Crippen LogP contribution is 2.31. The number of aromatic amines is 1. The Morgan fingerprint density at radius 2 is 2.05 bits per heavy atom. The number of carbonyl (C=O) groups excluding carboxylic acids is 1. The average molecular weight is 269 g/mol. The second-order valence-electron chi connectivity index (χ2n) is 3.79. The Labute approximate surface area is 106 Å². The van der Waals surface area contributed by atoms with Crippen LogP contribution >= 0.6 is 0 Å². The quantitative estimate of drug-likeness (QED) is 0.899. The van der Waals surface area contributed by atoms with E-state index in [-0.39, 0.29) is 11.4 Å². The first kappa shape index (κ1) is 13.1. The van der Waals surface area contributed by atoms with E-state index in [0.29, 0.717) is 0 Å². The fourth-order valence-corrected chi connectivity index (χ4v) is 1.55. The summed E-state index contributed by atoms with van der Waals surface area (Å²) in [5.74, 6) is -0.835. The van der Waals surface area contributed by atoms with Gasteiger partial charge < -0.3 is 10.3 Å². The molecule has 7 heteroatoms. The predicted molar refractivity (Wildman–Crippen MR) is 61.3 cm³/mol. The van der Waals surface area contributed by atoms with Crippen LogP contribution in [0.25, 0.3) is 0 Å². The van der Waals surface area contributed by atoms with Gasteiger partial charge in [-0.2, -0.15) is 13.2 Å². The van der Waals surface area contributed by atoms with Crippen LogP contribution in [0.1, 0.15) is 22.2 Å². The highest BCUT2D eigenvalue weighted by molar-refractivity contribution is 5.92. The van der Waals surface area contributed by atoms with Crippen molar-refractivity contribution >= 4 is 5.91 Å². The number of aromatic nitrogens is 2. The van der Waals surface area contributed by atoms with Crippen LogP contribution in [-0.4, -0.2) is 22.1 Å². The Morgan fingerprint density at radius 3 is 2.58 bits per heavy atom. The van der Waals surface area contributed by atoms with E-state index in [9.17, 15) is 18.0 Å². The van der Waals surface area contributed by atoms with Crippen molar-refractivity contribution in [3.63, 3.8) is 0 Å². The van der Waals surface area contributed by atoms with E-state index in [1.54, 1.807) is 0 Å². The molecular formula is C12H10F3N3O. The number of halogens is 3. The topological polar surface area (TPSA) is 57.8 Å². The van der Waals surface area contributed by atoms with Gasteiger partial charge in [-0.1, -0.05) is 6.07 Å². The van der Waals surface area contributed by atoms with Crippen molar-refractivity contribution in [2.45, 2.75) is 12.2 Å². The summed E-state index contributed by atoms with van der Waals surface area (Å²) < 4.78 is 38.8. The molecule has 0 fully saturated rings. The second kappa shape index (κ2) is 5.13. The van der Waals surface area contributed by atoms with Crippen LogP contribution in [0.2, 0.25) is 0 Å². The number of rotatable bonds is 3. The fourth-order valence-electron chi connectivity index (χ4n) is 1.55. The minimum absolute atomic E-state index is 0.0604. The Kier molecular flexibility index (Phi) is 3.55. The maximum absolute atomic E-state index is 12.9. The molecule has 1 unspecified atom stereocenters. The summed E-state index contributed by atoms with van der Waals surface area (Å²) in [7, 11) is 0. The standard InChI is InChI=1S/C12H10F3N3O/c13-12(14,15)10(8-4-1-2-6-16-8)18-11(19)9-5-3-7-17-9/h1-7,10,17H,(H,18,19). The summed E-state index contributed by atoms with van der Waals surface area (Å²) in [6.45, 7) is 0. The van der Waals surface area contributed by atoms with Gasteiger partial charge in [-0.25, -0.2) is 0 Å². The molecule has 0 aliphatic carbocycles. The molecule has 0 saturated heterocycles. The molecule has 2 heterocycles. The van der Waals surface area contributed by atoms with Crippen LogP contribution in [0.4, 0.5) is 13.2 Å². The summed E-state index contributed by atoms with van der Waals surface area (Å²) in [5.41, 5.74) is -0.194. The molecule has 0 aliphatic rings. The van der Waals surface area contributed by atoms with Crippen molar-refractivity contribution in [3.8, 4) is 0 Å². The van der Waals surface area contributed by atoms with Crippen molar-refractivity contribution in [3.05, 3.63) is 54.1 Å². The summed E-state index contributed by atoms with van der Waals surface area (Å²) >= 11 is 0. The lowest BCUT2D eigenvalue weighted by Crippen LogP contribution is -2.38. The zero-order chi connectivity index (χ0) is 13.9. The molecule has 4 nitrogen and oxygen atoms in total. The molecule has 0 aromatic carbocycles. The van der Waals surface area contributed by atoms with Gasteiger partial charge in [-0.15, -0.1) is 0 Å². The first-order chi connectivity index (χ1) is 8.98. The first-order valence-corrected chi connectivity index (χ1v) is 5.40. The molecule has 0 saturated carbocycles. The van der Waals surface area contributed by atoms with Gasteiger partial charge in [0.1, 0.15) is 5.69 Å². The van der Waals surface area contributed by atoms with Gasteiger partial charge >= 0.3 is 6.18 Å². The van der Waals surface area contributed by atoms with E-state index >= 15 is 0 Å². The Hall–Kier alpha value is -2.31. The Bertz CT molecular complexity index is 537. The van der Waals surface area contributed by atoms with Crippen molar-refractivity contribution in [1.29, 1.82) is 0 Å². The maximum Gasteiger partial charge on any atom is 0.414 e. The third kappa shape index (κ3) is 3.12. The van der Waals surface area contributed by atoms with Crippen LogP contribution in [0.3, 0.4) is 0 Å². The SMILES string of the molecule is O=C(NC(c1ccccn1)C(F)(F)F)c1ccc[nH]1. The lowest BCUT2D eigenvalue weighted by molar-refractivity contribution is -0.156. The maximum atomic E-state index is 12.9. The van der Waals surface area contributed by atoms with Gasteiger partial charge in [-0.3, -0.25) is 9.78 Å². The van der Waals surface area contributed by atoms with Gasteiger partial charge in [0.05, 0.1) is 5.69 Å². The van der Waals surface area contributed by atoms with Crippen LogP contribution in [0.15, 0.2) is 42.7 Å². The van der Waals surface area contributed by atoms with Gasteiger partial charge in [0, 0.05) is 12.4 Å². The molecule has 2 aromatic rings. The van der Waals surface area contributed by atoms with E-state index in [1.165, 1.54) is 42.7 Å². The summed E-state index contributed by atoms with van der Waals surface area (Å²) in [6.07, 6.45) is -1.91. The van der Waals surface area contributed by atoms with Crippen molar-refractivity contribution < 1.29 is 18.0 Å². The lowest BCUT2D eigenvalue weighted by atomic mass is 10.1. The Balaban J connectivity index is 2.23. The fraction of sp³-hybridized carbons (Fsp3) is 0.167. The zero-order valence-electron chi connectivity index (χ0n) is 9.61. The van der Waals surface area contributed by atoms with E-state index in [1.807, 2.05) is 5.32 Å². The third-order valence-corrected chi connectivity index (χ3v) is 2.43. The molecular weight excluding hydrogens is 259 g/mol. The number of carbonyl (C=O) groups is 1. The number of nitrogens with one attached hydrogen (secondary N) is 2. The van der Waals surface area contributed by atoms with Crippen molar-refractivity contribution in [2.75, 3.05) is 0 Å². The van der Waals surface area contributed by atoms with Crippen LogP contribution in [0, 0.1) is 0 Å². The van der Waals surface area contributed by atoms with E-state index in [2.05, 4.69) is 9.97 Å².